The van der Waals surface area contributed by atoms with Crippen LogP contribution >= 0.6 is 0 Å². The van der Waals surface area contributed by atoms with Crippen LogP contribution in [0.3, 0.4) is 0 Å². The summed E-state index contributed by atoms with van der Waals surface area (Å²) >= 11 is 0. The first-order valence-electron chi connectivity index (χ1n) is 5.39. The van der Waals surface area contributed by atoms with Crippen LogP contribution in [0.4, 0.5) is 11.5 Å². The smallest absolute Gasteiger partial charge is 0.126 e. The van der Waals surface area contributed by atoms with E-state index in [2.05, 4.69) is 20.3 Å². The fraction of sp³-hybridized carbons (Fsp3) is 0.250. The SMILES string of the molecule is Cc1nccc(CNc2cc(C)c(N)cn2)n1. The first-order valence-corrected chi connectivity index (χ1v) is 5.39. The largest absolute Gasteiger partial charge is 0.397 e. The molecule has 0 bridgehead atoms. The second-order valence-electron chi connectivity index (χ2n) is 3.87. The summed E-state index contributed by atoms with van der Waals surface area (Å²) in [5, 5.41) is 3.20. The van der Waals surface area contributed by atoms with Gasteiger partial charge < -0.3 is 11.1 Å². The van der Waals surface area contributed by atoms with Gasteiger partial charge in [0.1, 0.15) is 11.6 Å². The van der Waals surface area contributed by atoms with Gasteiger partial charge in [-0.05, 0) is 31.5 Å². The van der Waals surface area contributed by atoms with Crippen molar-refractivity contribution in [2.75, 3.05) is 11.1 Å². The third kappa shape index (κ3) is 2.90. The summed E-state index contributed by atoms with van der Waals surface area (Å²) in [6.07, 6.45) is 3.41. The van der Waals surface area contributed by atoms with Gasteiger partial charge in [0.2, 0.25) is 0 Å². The number of nitrogens with one attached hydrogen (secondary N) is 1. The molecule has 0 aromatic carbocycles. The maximum absolute atomic E-state index is 5.70. The third-order valence-electron chi connectivity index (χ3n) is 2.44. The zero-order chi connectivity index (χ0) is 12.3. The first-order chi connectivity index (χ1) is 8.15. The number of nitrogens with zero attached hydrogens (tertiary/aromatic N) is 3. The Kier molecular flexibility index (Phi) is 3.18. The van der Waals surface area contributed by atoms with Crippen LogP contribution in [-0.2, 0) is 6.54 Å². The second kappa shape index (κ2) is 4.78. The summed E-state index contributed by atoms with van der Waals surface area (Å²) < 4.78 is 0. The molecule has 2 rings (SSSR count). The standard InChI is InChI=1S/C12H15N5/c1-8-5-12(16-7-11(8)13)15-6-10-3-4-14-9(2)17-10/h3-5,7H,6,13H2,1-2H3,(H,15,16). The number of aryl methyl sites for hydroxylation is 2. The van der Waals surface area contributed by atoms with E-state index in [1.807, 2.05) is 26.0 Å². The molecule has 2 aromatic rings. The van der Waals surface area contributed by atoms with E-state index < -0.39 is 0 Å². The topological polar surface area (TPSA) is 76.7 Å². The number of rotatable bonds is 3. The van der Waals surface area contributed by atoms with Crippen molar-refractivity contribution in [3.05, 3.63) is 41.6 Å². The highest BCUT2D eigenvalue weighted by Gasteiger charge is 1.99. The van der Waals surface area contributed by atoms with E-state index in [-0.39, 0.29) is 0 Å². The van der Waals surface area contributed by atoms with Gasteiger partial charge >= 0.3 is 0 Å². The Balaban J connectivity index is 2.05. The fourth-order valence-corrected chi connectivity index (χ4v) is 1.45. The molecule has 0 unspecified atom stereocenters. The van der Waals surface area contributed by atoms with Gasteiger partial charge in [-0.1, -0.05) is 0 Å². The average Bonchev–Trinajstić information content (AvgIpc) is 2.31. The lowest BCUT2D eigenvalue weighted by molar-refractivity contribution is 0.950. The molecule has 5 nitrogen and oxygen atoms in total. The lowest BCUT2D eigenvalue weighted by Crippen LogP contribution is -2.05. The molecule has 0 aliphatic rings. The second-order valence-corrected chi connectivity index (χ2v) is 3.87. The highest BCUT2D eigenvalue weighted by Crippen LogP contribution is 2.13. The maximum Gasteiger partial charge on any atom is 0.126 e. The quantitative estimate of drug-likeness (QED) is 0.837. The Morgan fingerprint density at radius 2 is 2.12 bits per heavy atom. The van der Waals surface area contributed by atoms with Gasteiger partial charge in [-0.25, -0.2) is 15.0 Å². The van der Waals surface area contributed by atoms with E-state index in [4.69, 9.17) is 5.73 Å². The Hall–Kier alpha value is -2.17. The van der Waals surface area contributed by atoms with Gasteiger partial charge in [0.05, 0.1) is 24.1 Å². The van der Waals surface area contributed by atoms with Crippen molar-refractivity contribution in [2.45, 2.75) is 20.4 Å². The molecular formula is C12H15N5. The Bertz CT molecular complexity index is 524. The number of pyridine rings is 1. The molecule has 2 heterocycles. The first kappa shape index (κ1) is 11.3. The number of hydrogen-bond donors (Lipinski definition) is 2. The number of nitrogen functional groups attached to an aromatic ring is 1. The zero-order valence-electron chi connectivity index (χ0n) is 9.94. The molecule has 0 saturated carbocycles. The van der Waals surface area contributed by atoms with Crippen LogP contribution in [-0.4, -0.2) is 15.0 Å². The van der Waals surface area contributed by atoms with Crippen molar-refractivity contribution in [2.24, 2.45) is 0 Å². The van der Waals surface area contributed by atoms with Crippen LogP contribution < -0.4 is 11.1 Å². The molecule has 0 fully saturated rings. The fourth-order valence-electron chi connectivity index (χ4n) is 1.45. The molecule has 0 spiro atoms. The Morgan fingerprint density at radius 3 is 2.82 bits per heavy atom. The van der Waals surface area contributed by atoms with E-state index in [0.29, 0.717) is 12.2 Å². The zero-order valence-corrected chi connectivity index (χ0v) is 9.94. The highest BCUT2D eigenvalue weighted by atomic mass is 15.0. The highest BCUT2D eigenvalue weighted by molar-refractivity contribution is 5.50. The molecule has 88 valence electrons. The third-order valence-corrected chi connectivity index (χ3v) is 2.44. The number of nitrogens with two attached hydrogens (primary N) is 1. The van der Waals surface area contributed by atoms with Gasteiger partial charge in [-0.3, -0.25) is 0 Å². The molecular weight excluding hydrogens is 214 g/mol. The number of anilines is 2. The van der Waals surface area contributed by atoms with Crippen molar-refractivity contribution < 1.29 is 0 Å². The van der Waals surface area contributed by atoms with Crippen molar-refractivity contribution >= 4 is 11.5 Å². The molecule has 5 heteroatoms. The van der Waals surface area contributed by atoms with Crippen LogP contribution in [0, 0.1) is 13.8 Å². The van der Waals surface area contributed by atoms with Gasteiger partial charge in [0.15, 0.2) is 0 Å². The van der Waals surface area contributed by atoms with Crippen LogP contribution in [0.2, 0.25) is 0 Å². The predicted molar refractivity (Wildman–Crippen MR) is 67.5 cm³/mol. The lowest BCUT2D eigenvalue weighted by atomic mass is 10.2. The van der Waals surface area contributed by atoms with E-state index in [9.17, 15) is 0 Å². The number of aromatic nitrogens is 3. The molecule has 0 aliphatic heterocycles. The minimum absolute atomic E-state index is 0.625. The summed E-state index contributed by atoms with van der Waals surface area (Å²) in [6, 6.07) is 3.80. The van der Waals surface area contributed by atoms with Crippen molar-refractivity contribution in [3.63, 3.8) is 0 Å². The maximum atomic E-state index is 5.70. The normalized spacial score (nSPS) is 10.2. The van der Waals surface area contributed by atoms with Crippen LogP contribution in [0.15, 0.2) is 24.5 Å². The molecule has 0 amide bonds. The van der Waals surface area contributed by atoms with Gasteiger partial charge in [-0.15, -0.1) is 0 Å². The molecule has 0 atom stereocenters. The van der Waals surface area contributed by atoms with Crippen molar-refractivity contribution in [1.29, 1.82) is 0 Å². The van der Waals surface area contributed by atoms with E-state index in [0.717, 1.165) is 22.9 Å². The van der Waals surface area contributed by atoms with E-state index in [1.165, 1.54) is 0 Å². The summed E-state index contributed by atoms with van der Waals surface area (Å²) in [5.41, 5.74) is 8.36. The minimum atomic E-state index is 0.625. The van der Waals surface area contributed by atoms with Gasteiger partial charge in [0.25, 0.3) is 0 Å². The van der Waals surface area contributed by atoms with Crippen LogP contribution in [0.25, 0.3) is 0 Å². The van der Waals surface area contributed by atoms with Crippen molar-refractivity contribution in [1.82, 2.24) is 15.0 Å². The van der Waals surface area contributed by atoms with Gasteiger partial charge in [0, 0.05) is 6.20 Å². The van der Waals surface area contributed by atoms with Crippen LogP contribution in [0.1, 0.15) is 17.1 Å². The molecule has 17 heavy (non-hydrogen) atoms. The number of hydrogen-bond acceptors (Lipinski definition) is 5. The lowest BCUT2D eigenvalue weighted by Gasteiger charge is -2.07. The Morgan fingerprint density at radius 1 is 1.29 bits per heavy atom. The molecule has 0 radical (unpaired) electrons. The summed E-state index contributed by atoms with van der Waals surface area (Å²) in [6.45, 7) is 4.45. The van der Waals surface area contributed by atoms with E-state index >= 15 is 0 Å². The van der Waals surface area contributed by atoms with Gasteiger partial charge in [-0.2, -0.15) is 0 Å². The molecule has 0 saturated heterocycles. The minimum Gasteiger partial charge on any atom is -0.397 e. The van der Waals surface area contributed by atoms with E-state index in [1.54, 1.807) is 12.4 Å². The van der Waals surface area contributed by atoms with Crippen molar-refractivity contribution in [3.8, 4) is 0 Å². The summed E-state index contributed by atoms with van der Waals surface area (Å²) in [7, 11) is 0. The summed E-state index contributed by atoms with van der Waals surface area (Å²) in [4.78, 5) is 12.5. The average molecular weight is 229 g/mol. The summed E-state index contributed by atoms with van der Waals surface area (Å²) in [5.74, 6) is 1.57. The molecule has 2 aromatic heterocycles. The molecule has 3 N–H and O–H groups in total. The monoisotopic (exact) mass is 229 g/mol. The molecule has 0 aliphatic carbocycles. The Labute approximate surface area is 100 Å². The predicted octanol–water partition coefficient (Wildman–Crippen LogP) is 1.68. The van der Waals surface area contributed by atoms with Crippen LogP contribution in [0.5, 0.6) is 0 Å².